The SMILES string of the molecule is COc1ccc(S(=O)(=O)NC(CC(C)C)C(=O)NC(C)c2cc(C)ccc2OC)cc1. The molecule has 0 fully saturated rings. The van der Waals surface area contributed by atoms with Gasteiger partial charge in [-0.05, 0) is 56.5 Å². The third kappa shape index (κ3) is 6.70. The highest BCUT2D eigenvalue weighted by atomic mass is 32.2. The number of methoxy groups -OCH3 is 2. The Morgan fingerprint density at radius 3 is 2.19 bits per heavy atom. The first-order valence-electron chi connectivity index (χ1n) is 10.2. The van der Waals surface area contributed by atoms with E-state index in [4.69, 9.17) is 9.47 Å². The number of rotatable bonds is 10. The summed E-state index contributed by atoms with van der Waals surface area (Å²) in [5, 5.41) is 2.93. The van der Waals surface area contributed by atoms with Gasteiger partial charge in [-0.2, -0.15) is 4.72 Å². The standard InChI is InChI=1S/C23H32N2O5S/c1-15(2)13-21(25-31(27,28)19-10-8-18(29-5)9-11-19)23(26)24-17(4)20-14-16(3)7-12-22(20)30-6/h7-12,14-15,17,21,25H,13H2,1-6H3,(H,24,26). The second-order valence-electron chi connectivity index (χ2n) is 7.95. The molecule has 2 atom stereocenters. The van der Waals surface area contributed by atoms with E-state index < -0.39 is 16.1 Å². The maximum absolute atomic E-state index is 13.1. The lowest BCUT2D eigenvalue weighted by molar-refractivity contribution is -0.123. The predicted octanol–water partition coefficient (Wildman–Crippen LogP) is 3.58. The normalized spacial score (nSPS) is 13.5. The lowest BCUT2D eigenvalue weighted by Crippen LogP contribution is -2.47. The first kappa shape index (κ1) is 24.7. The molecule has 2 N–H and O–H groups in total. The van der Waals surface area contributed by atoms with Gasteiger partial charge in [0.2, 0.25) is 15.9 Å². The third-order valence-corrected chi connectivity index (χ3v) is 6.39. The molecule has 0 aliphatic carbocycles. The van der Waals surface area contributed by atoms with Gasteiger partial charge < -0.3 is 14.8 Å². The van der Waals surface area contributed by atoms with Gasteiger partial charge in [0.25, 0.3) is 0 Å². The fourth-order valence-electron chi connectivity index (χ4n) is 3.27. The van der Waals surface area contributed by atoms with Crippen LogP contribution in [0.4, 0.5) is 0 Å². The molecule has 0 aliphatic rings. The Kier molecular flexibility index (Phi) is 8.47. The molecule has 0 bridgehead atoms. The number of amides is 1. The van der Waals surface area contributed by atoms with E-state index in [1.165, 1.54) is 19.2 Å². The van der Waals surface area contributed by atoms with Gasteiger partial charge in [0.1, 0.15) is 17.5 Å². The van der Waals surface area contributed by atoms with Crippen LogP contribution in [0, 0.1) is 12.8 Å². The number of hydrogen-bond acceptors (Lipinski definition) is 5. The lowest BCUT2D eigenvalue weighted by Gasteiger charge is -2.24. The Balaban J connectivity index is 2.23. The van der Waals surface area contributed by atoms with E-state index in [0.717, 1.165) is 11.1 Å². The summed E-state index contributed by atoms with van der Waals surface area (Å²) < 4.78 is 38.8. The highest BCUT2D eigenvalue weighted by Crippen LogP contribution is 2.26. The van der Waals surface area contributed by atoms with Gasteiger partial charge in [-0.3, -0.25) is 4.79 Å². The molecule has 0 aromatic heterocycles. The maximum Gasteiger partial charge on any atom is 0.241 e. The number of hydrogen-bond donors (Lipinski definition) is 2. The molecule has 1 amide bonds. The number of carbonyl (C=O) groups is 1. The first-order valence-corrected chi connectivity index (χ1v) is 11.7. The fraction of sp³-hybridized carbons (Fsp3) is 0.435. The number of nitrogens with one attached hydrogen (secondary N) is 2. The minimum absolute atomic E-state index is 0.0725. The minimum Gasteiger partial charge on any atom is -0.497 e. The van der Waals surface area contributed by atoms with E-state index in [9.17, 15) is 13.2 Å². The molecule has 170 valence electrons. The Labute approximate surface area is 185 Å². The quantitative estimate of drug-likeness (QED) is 0.579. The average molecular weight is 449 g/mol. The van der Waals surface area contributed by atoms with Crippen molar-refractivity contribution in [1.29, 1.82) is 0 Å². The number of ether oxygens (including phenoxy) is 2. The summed E-state index contributed by atoms with van der Waals surface area (Å²) in [6, 6.07) is 10.5. The van der Waals surface area contributed by atoms with E-state index in [0.29, 0.717) is 17.9 Å². The Morgan fingerprint density at radius 2 is 1.65 bits per heavy atom. The van der Waals surface area contributed by atoms with Crippen LogP contribution < -0.4 is 19.5 Å². The average Bonchev–Trinajstić information content (AvgIpc) is 2.72. The van der Waals surface area contributed by atoms with Crippen LogP contribution in [0.25, 0.3) is 0 Å². The molecule has 0 saturated carbocycles. The summed E-state index contributed by atoms with van der Waals surface area (Å²) in [6.07, 6.45) is 0.360. The smallest absolute Gasteiger partial charge is 0.241 e. The molecule has 0 heterocycles. The Bertz CT molecular complexity index is 988. The van der Waals surface area contributed by atoms with Gasteiger partial charge in [-0.15, -0.1) is 0 Å². The van der Waals surface area contributed by atoms with E-state index in [1.807, 2.05) is 45.9 Å². The zero-order chi connectivity index (χ0) is 23.2. The molecule has 2 rings (SSSR count). The molecule has 0 radical (unpaired) electrons. The number of benzene rings is 2. The van der Waals surface area contributed by atoms with Crippen LogP contribution >= 0.6 is 0 Å². The topological polar surface area (TPSA) is 93.7 Å². The molecule has 2 aromatic carbocycles. The van der Waals surface area contributed by atoms with Crippen LogP contribution in [-0.2, 0) is 14.8 Å². The lowest BCUT2D eigenvalue weighted by atomic mass is 10.0. The first-order chi connectivity index (χ1) is 14.6. The van der Waals surface area contributed by atoms with Crippen LogP contribution in [0.5, 0.6) is 11.5 Å². The Hall–Kier alpha value is -2.58. The van der Waals surface area contributed by atoms with E-state index in [2.05, 4.69) is 10.0 Å². The number of aryl methyl sites for hydroxylation is 1. The highest BCUT2D eigenvalue weighted by Gasteiger charge is 2.28. The van der Waals surface area contributed by atoms with Gasteiger partial charge in [-0.25, -0.2) is 8.42 Å². The molecule has 0 aliphatic heterocycles. The summed E-state index contributed by atoms with van der Waals surface area (Å²) >= 11 is 0. The van der Waals surface area contributed by atoms with Crippen molar-refractivity contribution < 1.29 is 22.7 Å². The van der Waals surface area contributed by atoms with Crippen molar-refractivity contribution in [2.75, 3.05) is 14.2 Å². The van der Waals surface area contributed by atoms with Crippen molar-refractivity contribution in [2.45, 2.75) is 51.1 Å². The molecule has 31 heavy (non-hydrogen) atoms. The highest BCUT2D eigenvalue weighted by molar-refractivity contribution is 7.89. The molecular formula is C23H32N2O5S. The molecule has 7 nitrogen and oxygen atoms in total. The summed E-state index contributed by atoms with van der Waals surface area (Å²) in [6.45, 7) is 7.69. The predicted molar refractivity (Wildman–Crippen MR) is 121 cm³/mol. The van der Waals surface area contributed by atoms with Crippen molar-refractivity contribution in [3.05, 3.63) is 53.6 Å². The number of carbonyl (C=O) groups excluding carboxylic acids is 1. The zero-order valence-corrected chi connectivity index (χ0v) is 19.7. The summed E-state index contributed by atoms with van der Waals surface area (Å²) in [4.78, 5) is 13.1. The Morgan fingerprint density at radius 1 is 1.00 bits per heavy atom. The van der Waals surface area contributed by atoms with Gasteiger partial charge >= 0.3 is 0 Å². The van der Waals surface area contributed by atoms with Gasteiger partial charge in [-0.1, -0.05) is 31.5 Å². The van der Waals surface area contributed by atoms with Crippen LogP contribution in [-0.4, -0.2) is 34.6 Å². The van der Waals surface area contributed by atoms with Crippen LogP contribution in [0.3, 0.4) is 0 Å². The minimum atomic E-state index is -3.89. The summed E-state index contributed by atoms with van der Waals surface area (Å²) in [5.41, 5.74) is 1.87. The van der Waals surface area contributed by atoms with Crippen molar-refractivity contribution in [3.8, 4) is 11.5 Å². The second-order valence-corrected chi connectivity index (χ2v) is 9.67. The summed E-state index contributed by atoms with van der Waals surface area (Å²) in [7, 11) is -0.800. The van der Waals surface area contributed by atoms with Crippen LogP contribution in [0.15, 0.2) is 47.4 Å². The zero-order valence-electron chi connectivity index (χ0n) is 18.9. The molecule has 0 saturated heterocycles. The molecular weight excluding hydrogens is 416 g/mol. The molecule has 2 unspecified atom stereocenters. The van der Waals surface area contributed by atoms with Gasteiger partial charge in [0, 0.05) is 5.56 Å². The maximum atomic E-state index is 13.1. The second kappa shape index (κ2) is 10.6. The van der Waals surface area contributed by atoms with Gasteiger partial charge in [0.05, 0.1) is 25.2 Å². The van der Waals surface area contributed by atoms with Crippen molar-refractivity contribution in [3.63, 3.8) is 0 Å². The van der Waals surface area contributed by atoms with E-state index in [1.54, 1.807) is 19.2 Å². The van der Waals surface area contributed by atoms with Crippen LogP contribution in [0.2, 0.25) is 0 Å². The van der Waals surface area contributed by atoms with E-state index >= 15 is 0 Å². The summed E-state index contributed by atoms with van der Waals surface area (Å²) in [5.74, 6) is 0.939. The van der Waals surface area contributed by atoms with E-state index in [-0.39, 0.29) is 22.8 Å². The van der Waals surface area contributed by atoms with Crippen molar-refractivity contribution >= 4 is 15.9 Å². The van der Waals surface area contributed by atoms with Gasteiger partial charge in [0.15, 0.2) is 0 Å². The fourth-order valence-corrected chi connectivity index (χ4v) is 4.48. The third-order valence-electron chi connectivity index (χ3n) is 4.90. The van der Waals surface area contributed by atoms with Crippen LogP contribution in [0.1, 0.15) is 44.4 Å². The molecule has 0 spiro atoms. The largest absolute Gasteiger partial charge is 0.497 e. The monoisotopic (exact) mass is 448 g/mol. The van der Waals surface area contributed by atoms with Crippen molar-refractivity contribution in [2.24, 2.45) is 5.92 Å². The van der Waals surface area contributed by atoms with Crippen molar-refractivity contribution in [1.82, 2.24) is 10.0 Å². The molecule has 8 heteroatoms. The number of sulfonamides is 1. The molecule has 2 aromatic rings.